The van der Waals surface area contributed by atoms with Crippen molar-refractivity contribution in [2.45, 2.75) is 354 Å². The minimum absolute atomic E-state index is 0.155. The van der Waals surface area contributed by atoms with Crippen molar-refractivity contribution < 1.29 is 144 Å². The van der Waals surface area contributed by atoms with Crippen LogP contribution in [0.2, 0.25) is 0 Å². The molecule has 0 aliphatic carbocycles. The van der Waals surface area contributed by atoms with Crippen LogP contribution in [0.3, 0.4) is 0 Å². The van der Waals surface area contributed by atoms with Crippen LogP contribution in [-0.4, -0.2) is 290 Å². The van der Waals surface area contributed by atoms with Gasteiger partial charge in [-0.25, -0.2) is 9.59 Å². The van der Waals surface area contributed by atoms with Gasteiger partial charge in [0.2, 0.25) is 17.7 Å². The fraction of sp³-hybridized carbons (Fsp3) is 0.897. The van der Waals surface area contributed by atoms with Gasteiger partial charge in [0.25, 0.3) is 11.6 Å². The molecular formula is C68H121N3O29. The van der Waals surface area contributed by atoms with Crippen molar-refractivity contribution in [1.29, 1.82) is 0 Å². The molecule has 0 bridgehead atoms. The number of amides is 3. The lowest BCUT2D eigenvalue weighted by molar-refractivity contribution is -0.388. The number of carboxylic acid groups (broad SMARTS) is 2. The Morgan fingerprint density at radius 1 is 0.540 bits per heavy atom. The normalized spacial score (nSPS) is 32.1. The summed E-state index contributed by atoms with van der Waals surface area (Å²) < 4.78 is 46.4. The highest BCUT2D eigenvalue weighted by atomic mass is 16.8. The number of hydrogen-bond acceptors (Lipinski definition) is 27. The second kappa shape index (κ2) is 46.2. The lowest BCUT2D eigenvalue weighted by Crippen LogP contribution is -2.72. The molecule has 0 saturated carbocycles. The molecule has 4 saturated heterocycles. The van der Waals surface area contributed by atoms with Crippen molar-refractivity contribution >= 4 is 29.7 Å². The van der Waals surface area contributed by atoms with Crippen LogP contribution in [0.15, 0.2) is 12.2 Å². The minimum atomic E-state index is -3.39. The molecule has 4 aliphatic rings. The van der Waals surface area contributed by atoms with E-state index in [1.54, 1.807) is 6.08 Å². The zero-order chi connectivity index (χ0) is 74.1. The SMILES string of the molecule is CCCCCCCCCCCCC/C=C/[C@@H](O)[C@H](CO[C@@H]1OC(CO)[C@@H](O[C@@H]2OC(CO)[C@H](O)[C@H](O[C@]3(C(=O)O)CC(O)[C@@H](NC(C)=O)C([C@H](O)[C@@H](CO)O[C@]4(C(=O)O)CC(O)[C@@H](NC(C)=O)C([C@H](O)[C@H](O)CO)O4)O3)C2O)[C@H](O)C1O)NC(=O)CCCCCCCCCCCCCCC. The zero-order valence-electron chi connectivity index (χ0n) is 58.7. The summed E-state index contributed by atoms with van der Waals surface area (Å²) in [5, 5.41) is 185. The van der Waals surface area contributed by atoms with Crippen LogP contribution < -0.4 is 16.0 Å². The highest BCUT2D eigenvalue weighted by molar-refractivity contribution is 5.78. The molecule has 4 aliphatic heterocycles. The first-order valence-electron chi connectivity index (χ1n) is 36.2. The highest BCUT2D eigenvalue weighted by Gasteiger charge is 2.62. The third kappa shape index (κ3) is 27.3. The summed E-state index contributed by atoms with van der Waals surface area (Å²) in [6, 6.07) is -4.73. The number of rotatable bonds is 50. The van der Waals surface area contributed by atoms with Crippen molar-refractivity contribution in [3.8, 4) is 0 Å². The van der Waals surface area contributed by atoms with Crippen molar-refractivity contribution in [1.82, 2.24) is 16.0 Å². The minimum Gasteiger partial charge on any atom is -0.477 e. The Labute approximate surface area is 586 Å². The number of hydrogen-bond donors (Lipinski definition) is 19. The van der Waals surface area contributed by atoms with Crippen molar-refractivity contribution in [3.05, 3.63) is 12.2 Å². The number of nitrogens with one attached hydrogen (secondary N) is 3. The van der Waals surface area contributed by atoms with Crippen molar-refractivity contribution in [2.75, 3.05) is 33.0 Å². The van der Waals surface area contributed by atoms with Gasteiger partial charge in [-0.3, -0.25) is 14.4 Å². The maximum absolute atomic E-state index is 13.6. The second-order valence-corrected chi connectivity index (χ2v) is 27.2. The van der Waals surface area contributed by atoms with E-state index in [1.807, 2.05) is 6.08 Å². The summed E-state index contributed by atoms with van der Waals surface area (Å²) in [6.45, 7) is 1.08. The monoisotopic (exact) mass is 1440 g/mol. The highest BCUT2D eigenvalue weighted by Crippen LogP contribution is 2.41. The molecule has 4 fully saturated rings. The molecule has 0 radical (unpaired) electrons. The van der Waals surface area contributed by atoms with Crippen LogP contribution in [0.25, 0.3) is 0 Å². The number of carbonyl (C=O) groups excluding carboxylic acids is 3. The Morgan fingerprint density at radius 3 is 1.47 bits per heavy atom. The summed E-state index contributed by atoms with van der Waals surface area (Å²) in [5.74, 6) is -13.1. The summed E-state index contributed by atoms with van der Waals surface area (Å²) in [6.07, 6.45) is -11.1. The van der Waals surface area contributed by atoms with Gasteiger partial charge in [-0.2, -0.15) is 0 Å². The molecule has 4 rings (SSSR count). The molecule has 0 aromatic carbocycles. The van der Waals surface area contributed by atoms with E-state index in [0.717, 1.165) is 65.2 Å². The Morgan fingerprint density at radius 2 is 1.00 bits per heavy atom. The van der Waals surface area contributed by atoms with E-state index in [2.05, 4.69) is 29.8 Å². The van der Waals surface area contributed by atoms with Crippen molar-refractivity contribution in [3.63, 3.8) is 0 Å². The van der Waals surface area contributed by atoms with Crippen LogP contribution in [0.5, 0.6) is 0 Å². The third-order valence-electron chi connectivity index (χ3n) is 19.0. The van der Waals surface area contributed by atoms with Gasteiger partial charge in [0.05, 0.1) is 69.5 Å². The first-order valence-corrected chi connectivity index (χ1v) is 36.2. The molecule has 8 unspecified atom stereocenters. The molecule has 582 valence electrons. The summed E-state index contributed by atoms with van der Waals surface area (Å²) in [7, 11) is 0. The van der Waals surface area contributed by atoms with E-state index in [9.17, 15) is 106 Å². The Balaban J connectivity index is 1.52. The number of aliphatic hydroxyl groups is 14. The standard InChI is InChI=1S/C68H121N3O29/c1-5-7-9-11-13-15-17-19-21-23-25-27-29-31-43(78)42(71-50(82)32-30-28-26-24-22-20-18-16-14-12-10-8-6-2)39-93-63-57(87)56(86)59(49(38-75)95-63)96-64-58(88)62(54(84)47(36-73)94-64)100-68(66(91)92)34-45(80)52(70-41(4)77)61(99-68)55(85)48(37-74)97-67(65(89)90)33-44(79)51(69-40(3)76)60(98-67)53(83)46(81)35-72/h29,31,42-49,51-64,72-75,78-81,83-88H,5-28,30,32-39H2,1-4H3,(H,69,76)(H,70,77)(H,71,82)(H,89,90)(H,91,92)/b31-29+/t42-,43+,44?,45?,46+,47?,48+,49?,51+,52+,53+,54-,55+,56+,57?,58?,59+,60?,61?,62-,63+,64-,67+,68-/m0/s1. The van der Waals surface area contributed by atoms with Gasteiger partial charge in [0, 0.05) is 33.1 Å². The van der Waals surface area contributed by atoms with Gasteiger partial charge in [0.15, 0.2) is 12.6 Å². The number of aliphatic hydroxyl groups excluding tert-OH is 14. The summed E-state index contributed by atoms with van der Waals surface area (Å²) in [5.41, 5.74) is 0. The molecule has 0 aromatic heterocycles. The topological polar surface area (TPSA) is 519 Å². The smallest absolute Gasteiger partial charge is 0.364 e. The molecule has 32 heteroatoms. The maximum atomic E-state index is 13.6. The zero-order valence-corrected chi connectivity index (χ0v) is 58.7. The van der Waals surface area contributed by atoms with Crippen LogP contribution in [0.4, 0.5) is 0 Å². The molecular weight excluding hydrogens is 1320 g/mol. The van der Waals surface area contributed by atoms with Gasteiger partial charge >= 0.3 is 11.9 Å². The van der Waals surface area contributed by atoms with E-state index in [1.165, 1.54) is 96.3 Å². The van der Waals surface area contributed by atoms with E-state index in [-0.39, 0.29) is 12.3 Å². The van der Waals surface area contributed by atoms with E-state index >= 15 is 0 Å². The molecule has 100 heavy (non-hydrogen) atoms. The van der Waals surface area contributed by atoms with E-state index in [4.69, 9.17) is 37.9 Å². The Kier molecular flexibility index (Phi) is 41.0. The van der Waals surface area contributed by atoms with Gasteiger partial charge in [-0.15, -0.1) is 0 Å². The number of allylic oxidation sites excluding steroid dienone is 1. The molecule has 3 amide bonds. The van der Waals surface area contributed by atoms with Crippen molar-refractivity contribution in [2.24, 2.45) is 0 Å². The van der Waals surface area contributed by atoms with Gasteiger partial charge in [0.1, 0.15) is 85.5 Å². The van der Waals surface area contributed by atoms with Crippen LogP contribution in [0, 0.1) is 0 Å². The lowest BCUT2D eigenvalue weighted by Gasteiger charge is -2.51. The molecule has 32 nitrogen and oxygen atoms in total. The molecule has 4 heterocycles. The number of aliphatic carboxylic acids is 2. The number of carboxylic acids is 2. The van der Waals surface area contributed by atoms with Crippen LogP contribution >= 0.6 is 0 Å². The molecule has 24 atom stereocenters. The predicted molar refractivity (Wildman–Crippen MR) is 354 cm³/mol. The van der Waals surface area contributed by atoms with Gasteiger partial charge in [-0.05, 0) is 19.3 Å². The first kappa shape index (κ1) is 88.6. The predicted octanol–water partition coefficient (Wildman–Crippen LogP) is -0.441. The van der Waals surface area contributed by atoms with Gasteiger partial charge in [-0.1, -0.05) is 167 Å². The average Bonchev–Trinajstić information content (AvgIpc) is 0.757. The average molecular weight is 1440 g/mol. The van der Waals surface area contributed by atoms with Gasteiger partial charge < -0.3 is 136 Å². The Bertz CT molecular complexity index is 2370. The molecule has 19 N–H and O–H groups in total. The fourth-order valence-electron chi connectivity index (χ4n) is 13.2. The summed E-state index contributed by atoms with van der Waals surface area (Å²) in [4.78, 5) is 64.9. The van der Waals surface area contributed by atoms with Crippen LogP contribution in [0.1, 0.15) is 207 Å². The number of unbranched alkanes of at least 4 members (excludes halogenated alkanes) is 23. The number of ether oxygens (including phenoxy) is 8. The lowest BCUT2D eigenvalue weighted by atomic mass is 9.87. The first-order chi connectivity index (χ1) is 47.7. The number of carbonyl (C=O) groups is 5. The molecule has 0 spiro atoms. The van der Waals surface area contributed by atoms with E-state index < -0.39 is 216 Å². The van der Waals surface area contributed by atoms with E-state index in [0.29, 0.717) is 12.8 Å². The maximum Gasteiger partial charge on any atom is 0.364 e. The summed E-state index contributed by atoms with van der Waals surface area (Å²) >= 11 is 0. The van der Waals surface area contributed by atoms with Crippen LogP contribution in [-0.2, 0) is 61.9 Å². The molecule has 0 aromatic rings. The quantitative estimate of drug-likeness (QED) is 0.0271. The second-order valence-electron chi connectivity index (χ2n) is 27.2. The largest absolute Gasteiger partial charge is 0.477 e. The fourth-order valence-corrected chi connectivity index (χ4v) is 13.2. The Hall–Kier alpha value is -3.79. The third-order valence-corrected chi connectivity index (χ3v) is 19.0.